The standard InChI is InChI=1S/C20H19ClN6O3S/c21-14-5-3-13(4-6-14)12-30-20-26-25-19(31-20)24-18(29)15-2-1-8-23-17(15)27-10-7-16(28)22-9-11-27/h1-6,8H,7,9-12H2,(H,22,28)(H,24,25,29). The van der Waals surface area contributed by atoms with Crippen LogP contribution in [0.1, 0.15) is 22.3 Å². The second-order valence-corrected chi connectivity index (χ2v) is 8.08. The van der Waals surface area contributed by atoms with Crippen LogP contribution in [0.15, 0.2) is 42.6 Å². The second kappa shape index (κ2) is 9.71. The molecule has 0 bridgehead atoms. The third-order valence-electron chi connectivity index (χ3n) is 4.55. The van der Waals surface area contributed by atoms with Crippen LogP contribution in [0.25, 0.3) is 0 Å². The van der Waals surface area contributed by atoms with Gasteiger partial charge < -0.3 is 15.0 Å². The topological polar surface area (TPSA) is 109 Å². The van der Waals surface area contributed by atoms with Gasteiger partial charge in [-0.05, 0) is 41.2 Å². The van der Waals surface area contributed by atoms with E-state index in [0.29, 0.717) is 59.4 Å². The average molecular weight is 459 g/mol. The first-order valence-electron chi connectivity index (χ1n) is 9.57. The number of carbonyl (C=O) groups excluding carboxylic acids is 2. The number of nitrogens with zero attached hydrogens (tertiary/aromatic N) is 4. The van der Waals surface area contributed by atoms with Crippen molar-refractivity contribution in [3.8, 4) is 5.19 Å². The number of rotatable bonds is 6. The van der Waals surface area contributed by atoms with E-state index in [0.717, 1.165) is 16.9 Å². The lowest BCUT2D eigenvalue weighted by atomic mass is 10.2. The largest absolute Gasteiger partial charge is 0.464 e. The third kappa shape index (κ3) is 5.47. The van der Waals surface area contributed by atoms with E-state index in [-0.39, 0.29) is 11.8 Å². The highest BCUT2D eigenvalue weighted by Crippen LogP contribution is 2.25. The van der Waals surface area contributed by atoms with Gasteiger partial charge in [-0.15, -0.1) is 5.10 Å². The van der Waals surface area contributed by atoms with Crippen molar-refractivity contribution in [3.05, 3.63) is 58.7 Å². The molecule has 1 aliphatic rings. The van der Waals surface area contributed by atoms with Crippen molar-refractivity contribution in [2.24, 2.45) is 0 Å². The number of benzene rings is 1. The van der Waals surface area contributed by atoms with Crippen LogP contribution in [0.5, 0.6) is 5.19 Å². The number of ether oxygens (including phenoxy) is 1. The monoisotopic (exact) mass is 458 g/mol. The van der Waals surface area contributed by atoms with Crippen LogP contribution < -0.4 is 20.3 Å². The molecule has 0 spiro atoms. The molecule has 11 heteroatoms. The number of carbonyl (C=O) groups is 2. The summed E-state index contributed by atoms with van der Waals surface area (Å²) in [6.45, 7) is 1.88. The molecule has 9 nitrogen and oxygen atoms in total. The molecule has 1 aliphatic heterocycles. The van der Waals surface area contributed by atoms with E-state index in [1.807, 2.05) is 17.0 Å². The maximum absolute atomic E-state index is 12.9. The highest BCUT2D eigenvalue weighted by atomic mass is 35.5. The van der Waals surface area contributed by atoms with E-state index in [9.17, 15) is 9.59 Å². The van der Waals surface area contributed by atoms with Gasteiger partial charge >= 0.3 is 0 Å². The first-order valence-corrected chi connectivity index (χ1v) is 10.8. The first-order chi connectivity index (χ1) is 15.1. The Kier molecular flexibility index (Phi) is 6.58. The van der Waals surface area contributed by atoms with Crippen molar-refractivity contribution in [1.29, 1.82) is 0 Å². The van der Waals surface area contributed by atoms with E-state index in [1.165, 1.54) is 0 Å². The number of anilines is 2. The third-order valence-corrected chi connectivity index (χ3v) is 5.55. The van der Waals surface area contributed by atoms with Crippen LogP contribution >= 0.6 is 22.9 Å². The second-order valence-electron chi connectivity index (χ2n) is 6.70. The summed E-state index contributed by atoms with van der Waals surface area (Å²) in [6, 6.07) is 10.7. The number of aromatic nitrogens is 3. The van der Waals surface area contributed by atoms with Crippen molar-refractivity contribution in [2.45, 2.75) is 13.0 Å². The van der Waals surface area contributed by atoms with Crippen LogP contribution in [0.3, 0.4) is 0 Å². The minimum absolute atomic E-state index is 0.00979. The van der Waals surface area contributed by atoms with Crippen LogP contribution in [0.2, 0.25) is 5.02 Å². The first kappa shape index (κ1) is 21.0. The molecule has 31 heavy (non-hydrogen) atoms. The van der Waals surface area contributed by atoms with E-state index < -0.39 is 0 Å². The van der Waals surface area contributed by atoms with E-state index in [4.69, 9.17) is 16.3 Å². The Bertz CT molecular complexity index is 1070. The van der Waals surface area contributed by atoms with Gasteiger partial charge in [0.15, 0.2) is 0 Å². The smallest absolute Gasteiger partial charge is 0.296 e. The molecule has 0 aliphatic carbocycles. The van der Waals surface area contributed by atoms with Crippen molar-refractivity contribution in [3.63, 3.8) is 0 Å². The molecular formula is C20H19ClN6O3S. The minimum atomic E-state index is -0.355. The number of amides is 2. The molecule has 1 aromatic carbocycles. The van der Waals surface area contributed by atoms with Gasteiger partial charge in [-0.25, -0.2) is 4.98 Å². The molecule has 2 N–H and O–H groups in total. The summed E-state index contributed by atoms with van der Waals surface area (Å²) in [7, 11) is 0. The van der Waals surface area contributed by atoms with Gasteiger partial charge in [-0.3, -0.25) is 14.9 Å². The number of nitrogens with one attached hydrogen (secondary N) is 2. The Morgan fingerprint density at radius 3 is 2.90 bits per heavy atom. The molecule has 1 saturated heterocycles. The van der Waals surface area contributed by atoms with Crippen LogP contribution in [-0.2, 0) is 11.4 Å². The number of halogens is 1. The fourth-order valence-corrected chi connectivity index (χ4v) is 3.73. The summed E-state index contributed by atoms with van der Waals surface area (Å²) in [5, 5.41) is 14.8. The lowest BCUT2D eigenvalue weighted by Gasteiger charge is -2.22. The predicted molar refractivity (Wildman–Crippen MR) is 118 cm³/mol. The molecule has 160 valence electrons. The highest BCUT2D eigenvalue weighted by molar-refractivity contribution is 7.17. The highest BCUT2D eigenvalue weighted by Gasteiger charge is 2.21. The Morgan fingerprint density at radius 1 is 1.23 bits per heavy atom. The molecule has 2 amide bonds. The van der Waals surface area contributed by atoms with Crippen molar-refractivity contribution in [1.82, 2.24) is 20.5 Å². The summed E-state index contributed by atoms with van der Waals surface area (Å²) in [6.07, 6.45) is 1.97. The number of hydrogen-bond acceptors (Lipinski definition) is 8. The number of hydrogen-bond donors (Lipinski definition) is 2. The zero-order valence-electron chi connectivity index (χ0n) is 16.4. The maximum Gasteiger partial charge on any atom is 0.296 e. The van der Waals surface area contributed by atoms with E-state index in [2.05, 4.69) is 25.8 Å². The summed E-state index contributed by atoms with van der Waals surface area (Å²) < 4.78 is 5.63. The van der Waals surface area contributed by atoms with Crippen LogP contribution in [0, 0.1) is 0 Å². The quantitative estimate of drug-likeness (QED) is 0.584. The molecule has 0 radical (unpaired) electrons. The van der Waals surface area contributed by atoms with Gasteiger partial charge in [0, 0.05) is 37.3 Å². The molecule has 0 unspecified atom stereocenters. The summed E-state index contributed by atoms with van der Waals surface area (Å²) in [4.78, 5) is 30.8. The summed E-state index contributed by atoms with van der Waals surface area (Å²) >= 11 is 7.01. The van der Waals surface area contributed by atoms with Gasteiger partial charge in [0.2, 0.25) is 11.0 Å². The zero-order valence-corrected chi connectivity index (χ0v) is 17.9. The minimum Gasteiger partial charge on any atom is -0.464 e. The molecule has 2 aromatic heterocycles. The Balaban J connectivity index is 1.41. The normalized spacial score (nSPS) is 14.0. The van der Waals surface area contributed by atoms with Gasteiger partial charge in [0.05, 0.1) is 5.56 Å². The van der Waals surface area contributed by atoms with E-state index >= 15 is 0 Å². The lowest BCUT2D eigenvalue weighted by Crippen LogP contribution is -2.31. The Labute approximate surface area is 187 Å². The average Bonchev–Trinajstić information content (AvgIpc) is 3.11. The van der Waals surface area contributed by atoms with Crippen LogP contribution in [-0.4, -0.2) is 46.6 Å². The molecule has 1 fully saturated rings. The Morgan fingerprint density at radius 2 is 2.06 bits per heavy atom. The van der Waals surface area contributed by atoms with Gasteiger partial charge in [-0.1, -0.05) is 28.8 Å². The predicted octanol–water partition coefficient (Wildman–Crippen LogP) is 2.74. The van der Waals surface area contributed by atoms with Crippen molar-refractivity contribution >= 4 is 45.7 Å². The van der Waals surface area contributed by atoms with Crippen molar-refractivity contribution in [2.75, 3.05) is 29.9 Å². The van der Waals surface area contributed by atoms with Crippen LogP contribution in [0.4, 0.5) is 10.9 Å². The molecule has 3 heterocycles. The molecular weight excluding hydrogens is 440 g/mol. The SMILES string of the molecule is O=C1CCN(c2ncccc2C(=O)Nc2nnc(OCc3ccc(Cl)cc3)s2)CCN1. The molecule has 4 rings (SSSR count). The molecule has 0 saturated carbocycles. The van der Waals surface area contributed by atoms with Gasteiger partial charge in [0.1, 0.15) is 12.4 Å². The number of pyridine rings is 1. The fraction of sp³-hybridized carbons (Fsp3) is 0.250. The summed E-state index contributed by atoms with van der Waals surface area (Å²) in [5.74, 6) is 0.164. The van der Waals surface area contributed by atoms with Gasteiger partial charge in [-0.2, -0.15) is 0 Å². The maximum atomic E-state index is 12.9. The van der Waals surface area contributed by atoms with E-state index in [1.54, 1.807) is 30.5 Å². The fourth-order valence-electron chi connectivity index (χ4n) is 3.01. The van der Waals surface area contributed by atoms with Crippen molar-refractivity contribution < 1.29 is 14.3 Å². The molecule has 3 aromatic rings. The summed E-state index contributed by atoms with van der Waals surface area (Å²) in [5.41, 5.74) is 1.34. The Hall–Kier alpha value is -3.24. The zero-order chi connectivity index (χ0) is 21.6. The van der Waals surface area contributed by atoms with Gasteiger partial charge in [0.25, 0.3) is 11.1 Å². The lowest BCUT2D eigenvalue weighted by molar-refractivity contribution is -0.120. The molecule has 0 atom stereocenters.